The summed E-state index contributed by atoms with van der Waals surface area (Å²) in [5.41, 5.74) is 6.08. The number of carbonyl (C=O) groups is 1. The molecule has 1 aliphatic carbocycles. The summed E-state index contributed by atoms with van der Waals surface area (Å²) in [4.78, 5) is 10.9. The van der Waals surface area contributed by atoms with Crippen LogP contribution in [0.3, 0.4) is 0 Å². The van der Waals surface area contributed by atoms with Gasteiger partial charge in [-0.2, -0.15) is 0 Å². The van der Waals surface area contributed by atoms with Gasteiger partial charge in [0.25, 0.3) is 0 Å². The molecule has 18 heavy (non-hydrogen) atoms. The third-order valence-corrected chi connectivity index (χ3v) is 2.80. The van der Waals surface area contributed by atoms with Crippen LogP contribution < -0.4 is 5.73 Å². The molecule has 0 aromatic heterocycles. The normalized spacial score (nSPS) is 21.9. The van der Waals surface area contributed by atoms with Crippen LogP contribution in [0.15, 0.2) is 42.5 Å². The van der Waals surface area contributed by atoms with Crippen molar-refractivity contribution in [3.63, 3.8) is 0 Å². The van der Waals surface area contributed by atoms with E-state index in [9.17, 15) is 9.90 Å². The maximum atomic E-state index is 10.9. The molecule has 4 N–H and O–H groups in total. The van der Waals surface area contributed by atoms with Gasteiger partial charge in [-0.15, -0.1) is 12.4 Å². The lowest BCUT2D eigenvalue weighted by atomic mass is 9.87. The fraction of sp³-hybridized carbons (Fsp3) is 0.154. The van der Waals surface area contributed by atoms with Crippen LogP contribution in [0.2, 0.25) is 0 Å². The van der Waals surface area contributed by atoms with Crippen molar-refractivity contribution in [3.8, 4) is 5.75 Å². The third-order valence-electron chi connectivity index (χ3n) is 2.80. The second-order valence-corrected chi connectivity index (χ2v) is 4.09. The lowest BCUT2D eigenvalue weighted by molar-refractivity contribution is -0.141. The number of carboxylic acid groups (broad SMARTS) is 1. The molecule has 0 heterocycles. The molecule has 0 saturated carbocycles. The summed E-state index contributed by atoms with van der Waals surface area (Å²) in [5.74, 6) is -0.862. The zero-order chi connectivity index (χ0) is 12.5. The summed E-state index contributed by atoms with van der Waals surface area (Å²) in [6.07, 6.45) is 5.16. The monoisotopic (exact) mass is 267 g/mol. The van der Waals surface area contributed by atoms with Crippen molar-refractivity contribution >= 4 is 23.9 Å². The molecule has 0 amide bonds. The highest BCUT2D eigenvalue weighted by atomic mass is 35.5. The van der Waals surface area contributed by atoms with Gasteiger partial charge in [0.2, 0.25) is 0 Å². The molecule has 2 rings (SSSR count). The van der Waals surface area contributed by atoms with Crippen LogP contribution in [-0.4, -0.2) is 21.7 Å². The first-order chi connectivity index (χ1) is 8.01. The summed E-state index contributed by atoms with van der Waals surface area (Å²) >= 11 is 0. The summed E-state index contributed by atoms with van der Waals surface area (Å²) in [7, 11) is 0. The highest BCUT2D eigenvalue weighted by Crippen LogP contribution is 2.27. The van der Waals surface area contributed by atoms with Gasteiger partial charge in [-0.1, -0.05) is 30.4 Å². The Hall–Kier alpha value is -1.78. The van der Waals surface area contributed by atoms with Crippen LogP contribution in [0.25, 0.3) is 5.57 Å². The lowest BCUT2D eigenvalue weighted by Gasteiger charge is -2.23. The van der Waals surface area contributed by atoms with Crippen molar-refractivity contribution < 1.29 is 15.0 Å². The van der Waals surface area contributed by atoms with Crippen LogP contribution in [0, 0.1) is 0 Å². The van der Waals surface area contributed by atoms with Gasteiger partial charge in [-0.3, -0.25) is 0 Å². The molecule has 0 saturated heterocycles. The van der Waals surface area contributed by atoms with Gasteiger partial charge in [0.05, 0.1) is 0 Å². The molecule has 1 atom stereocenters. The van der Waals surface area contributed by atoms with E-state index in [1.807, 2.05) is 6.07 Å². The van der Waals surface area contributed by atoms with Crippen LogP contribution in [0.1, 0.15) is 12.0 Å². The van der Waals surface area contributed by atoms with E-state index < -0.39 is 11.5 Å². The Bertz CT molecular complexity index is 525. The SMILES string of the molecule is Cl.NC1(C(=O)O)C=CC(c2cccc(O)c2)=CC1. The number of phenolic OH excluding ortho intramolecular Hbond substituents is 1. The van der Waals surface area contributed by atoms with Gasteiger partial charge in [-0.25, -0.2) is 4.79 Å². The lowest BCUT2D eigenvalue weighted by Crippen LogP contribution is -2.46. The topological polar surface area (TPSA) is 83.6 Å². The number of carboxylic acids is 1. The van der Waals surface area contributed by atoms with Crippen LogP contribution in [0.5, 0.6) is 5.75 Å². The van der Waals surface area contributed by atoms with Crippen molar-refractivity contribution in [1.82, 2.24) is 0 Å². The quantitative estimate of drug-likeness (QED) is 0.765. The average molecular weight is 268 g/mol. The Balaban J connectivity index is 0.00000162. The van der Waals surface area contributed by atoms with Gasteiger partial charge in [0.15, 0.2) is 0 Å². The molecule has 0 radical (unpaired) electrons. The molecule has 0 aliphatic heterocycles. The number of aromatic hydroxyl groups is 1. The van der Waals surface area contributed by atoms with Crippen molar-refractivity contribution in [2.24, 2.45) is 5.73 Å². The first-order valence-electron chi connectivity index (χ1n) is 5.22. The number of phenols is 1. The molecule has 1 aliphatic rings. The molecule has 0 fully saturated rings. The molecular weight excluding hydrogens is 254 g/mol. The standard InChI is InChI=1S/C13H13NO3.ClH/c14-13(12(16)17)6-4-9(5-7-13)10-2-1-3-11(15)8-10;/h1-6,8,15H,7,14H2,(H,16,17);1H. The van der Waals surface area contributed by atoms with E-state index in [0.717, 1.165) is 11.1 Å². The van der Waals surface area contributed by atoms with Crippen molar-refractivity contribution in [3.05, 3.63) is 48.1 Å². The summed E-state index contributed by atoms with van der Waals surface area (Å²) in [5, 5.41) is 18.3. The summed E-state index contributed by atoms with van der Waals surface area (Å²) < 4.78 is 0. The minimum atomic E-state index is -1.32. The van der Waals surface area contributed by atoms with E-state index in [2.05, 4.69) is 0 Å². The second-order valence-electron chi connectivity index (χ2n) is 4.09. The molecule has 1 aromatic carbocycles. The first-order valence-corrected chi connectivity index (χ1v) is 5.22. The van der Waals surface area contributed by atoms with Gasteiger partial charge in [-0.05, 0) is 29.7 Å². The van der Waals surface area contributed by atoms with E-state index in [1.54, 1.807) is 30.4 Å². The Labute approximate surface area is 111 Å². The number of hydrogen-bond donors (Lipinski definition) is 3. The fourth-order valence-electron chi connectivity index (χ4n) is 1.71. The smallest absolute Gasteiger partial charge is 0.328 e. The highest BCUT2D eigenvalue weighted by molar-refractivity contribution is 5.86. The van der Waals surface area contributed by atoms with Crippen LogP contribution >= 0.6 is 12.4 Å². The molecule has 0 bridgehead atoms. The van der Waals surface area contributed by atoms with Gasteiger partial charge in [0.1, 0.15) is 11.3 Å². The molecule has 4 nitrogen and oxygen atoms in total. The van der Waals surface area contributed by atoms with E-state index in [1.165, 1.54) is 6.08 Å². The number of aliphatic carboxylic acids is 1. The Morgan fingerprint density at radius 3 is 2.61 bits per heavy atom. The largest absolute Gasteiger partial charge is 0.508 e. The minimum absolute atomic E-state index is 0. The number of hydrogen-bond acceptors (Lipinski definition) is 3. The Morgan fingerprint density at radius 1 is 1.39 bits per heavy atom. The van der Waals surface area contributed by atoms with Crippen molar-refractivity contribution in [2.75, 3.05) is 0 Å². The van der Waals surface area contributed by atoms with E-state index in [-0.39, 0.29) is 24.6 Å². The molecule has 0 spiro atoms. The number of benzene rings is 1. The van der Waals surface area contributed by atoms with Crippen LogP contribution in [-0.2, 0) is 4.79 Å². The predicted octanol–water partition coefficient (Wildman–Crippen LogP) is 1.94. The maximum absolute atomic E-state index is 10.9. The van der Waals surface area contributed by atoms with Crippen LogP contribution in [0.4, 0.5) is 0 Å². The molecule has 1 unspecified atom stereocenters. The van der Waals surface area contributed by atoms with Crippen molar-refractivity contribution in [1.29, 1.82) is 0 Å². The third kappa shape index (κ3) is 2.72. The first kappa shape index (κ1) is 14.3. The minimum Gasteiger partial charge on any atom is -0.508 e. The summed E-state index contributed by atoms with van der Waals surface area (Å²) in [6, 6.07) is 6.79. The number of rotatable bonds is 2. The molecule has 1 aromatic rings. The second kappa shape index (κ2) is 5.25. The number of halogens is 1. The molecular formula is C13H14ClNO3. The van der Waals surface area contributed by atoms with E-state index in [4.69, 9.17) is 10.8 Å². The Kier molecular flexibility index (Phi) is 4.16. The molecule has 96 valence electrons. The maximum Gasteiger partial charge on any atom is 0.328 e. The van der Waals surface area contributed by atoms with Gasteiger partial charge in [0, 0.05) is 0 Å². The van der Waals surface area contributed by atoms with E-state index in [0.29, 0.717) is 0 Å². The van der Waals surface area contributed by atoms with E-state index >= 15 is 0 Å². The highest BCUT2D eigenvalue weighted by Gasteiger charge is 2.31. The molecule has 5 heteroatoms. The van der Waals surface area contributed by atoms with Gasteiger partial charge >= 0.3 is 5.97 Å². The number of nitrogens with two attached hydrogens (primary N) is 1. The zero-order valence-corrected chi connectivity index (χ0v) is 10.4. The average Bonchev–Trinajstić information content (AvgIpc) is 2.30. The zero-order valence-electron chi connectivity index (χ0n) is 9.54. The summed E-state index contributed by atoms with van der Waals surface area (Å²) in [6.45, 7) is 0. The number of allylic oxidation sites excluding steroid dienone is 2. The Morgan fingerprint density at radius 2 is 2.11 bits per heavy atom. The fourth-order valence-corrected chi connectivity index (χ4v) is 1.71. The predicted molar refractivity (Wildman–Crippen MR) is 71.6 cm³/mol. The van der Waals surface area contributed by atoms with Gasteiger partial charge < -0.3 is 15.9 Å². The van der Waals surface area contributed by atoms with Crippen molar-refractivity contribution in [2.45, 2.75) is 12.0 Å².